The highest BCUT2D eigenvalue weighted by Crippen LogP contribution is 2.34. The summed E-state index contributed by atoms with van der Waals surface area (Å²) in [6, 6.07) is 11.8. The van der Waals surface area contributed by atoms with Crippen molar-refractivity contribution in [2.75, 3.05) is 12.4 Å². The van der Waals surface area contributed by atoms with Crippen molar-refractivity contribution in [3.63, 3.8) is 0 Å². The van der Waals surface area contributed by atoms with Gasteiger partial charge in [0.05, 0.1) is 28.9 Å². The topological polar surface area (TPSA) is 75.6 Å². The Balaban J connectivity index is 1.97. The van der Waals surface area contributed by atoms with E-state index in [2.05, 4.69) is 5.32 Å². The molecular weight excluding hydrogens is 404 g/mol. The summed E-state index contributed by atoms with van der Waals surface area (Å²) in [6.07, 6.45) is 0. The lowest BCUT2D eigenvalue weighted by Crippen LogP contribution is -2.17. The molecule has 0 aliphatic rings. The molecule has 0 saturated carbocycles. The van der Waals surface area contributed by atoms with E-state index in [1.54, 1.807) is 0 Å². The number of carbonyl (C=O) groups is 2. The van der Waals surface area contributed by atoms with Crippen molar-refractivity contribution >= 4 is 29.2 Å². The zero-order valence-electron chi connectivity index (χ0n) is 15.0. The van der Waals surface area contributed by atoms with Gasteiger partial charge in [-0.15, -0.1) is 0 Å². The number of carboxylic acid groups (broad SMARTS) is 1. The second-order valence-electron chi connectivity index (χ2n) is 5.97. The Morgan fingerprint density at radius 1 is 1.00 bits per heavy atom. The minimum Gasteiger partial charge on any atom is -0.497 e. The van der Waals surface area contributed by atoms with E-state index in [-0.39, 0.29) is 33.0 Å². The number of methoxy groups -OCH3 is 1. The first kappa shape index (κ1) is 20.3. The molecule has 1 amide bonds. The first-order chi connectivity index (χ1) is 13.8. The number of aromatic carboxylic acids is 1. The van der Waals surface area contributed by atoms with Crippen molar-refractivity contribution < 1.29 is 28.2 Å². The zero-order chi connectivity index (χ0) is 21.1. The van der Waals surface area contributed by atoms with Crippen LogP contribution in [0.15, 0.2) is 54.6 Å². The van der Waals surface area contributed by atoms with Crippen LogP contribution in [0.1, 0.15) is 20.7 Å². The molecule has 3 rings (SSSR count). The second kappa shape index (κ2) is 8.28. The number of halogens is 3. The van der Waals surface area contributed by atoms with Crippen LogP contribution in [0.3, 0.4) is 0 Å². The Morgan fingerprint density at radius 3 is 2.31 bits per heavy atom. The van der Waals surface area contributed by atoms with Crippen molar-refractivity contribution in [3.05, 3.63) is 82.4 Å². The first-order valence-electron chi connectivity index (χ1n) is 8.28. The van der Waals surface area contributed by atoms with Crippen LogP contribution >= 0.6 is 11.6 Å². The van der Waals surface area contributed by atoms with E-state index >= 15 is 0 Å². The summed E-state index contributed by atoms with van der Waals surface area (Å²) in [5, 5.41) is 11.3. The molecule has 0 aromatic heterocycles. The van der Waals surface area contributed by atoms with Crippen LogP contribution in [-0.2, 0) is 0 Å². The molecule has 0 unspecified atom stereocenters. The summed E-state index contributed by atoms with van der Waals surface area (Å²) < 4.78 is 33.9. The molecule has 0 aliphatic carbocycles. The van der Waals surface area contributed by atoms with Gasteiger partial charge >= 0.3 is 5.97 Å². The summed E-state index contributed by atoms with van der Waals surface area (Å²) >= 11 is 6.12. The highest BCUT2D eigenvalue weighted by Gasteiger charge is 2.20. The van der Waals surface area contributed by atoms with E-state index in [9.17, 15) is 23.5 Å². The van der Waals surface area contributed by atoms with Gasteiger partial charge in [0.25, 0.3) is 5.91 Å². The third kappa shape index (κ3) is 4.20. The number of benzene rings is 3. The number of hydrogen-bond acceptors (Lipinski definition) is 3. The quantitative estimate of drug-likeness (QED) is 0.595. The van der Waals surface area contributed by atoms with Crippen molar-refractivity contribution in [2.24, 2.45) is 0 Å². The number of amides is 1. The van der Waals surface area contributed by atoms with Gasteiger partial charge in [-0.3, -0.25) is 4.79 Å². The lowest BCUT2D eigenvalue weighted by atomic mass is 10.0. The Bertz CT molecular complexity index is 1090. The maximum absolute atomic E-state index is 14.7. The van der Waals surface area contributed by atoms with Gasteiger partial charge in [0.1, 0.15) is 17.4 Å². The number of anilines is 1. The Kier molecular flexibility index (Phi) is 5.79. The standard InChI is InChI=1S/C21H14ClF2NO4/c1-29-12-6-7-17(23)15(10-12)11-8-16(22)19(18(24)9-11)25-20(26)13-4-2-3-5-14(13)21(27)28/h2-10H,1H3,(H,25,26)(H,27,28). The predicted octanol–water partition coefficient (Wildman–Crippen LogP) is 5.24. The van der Waals surface area contributed by atoms with Crippen LogP contribution in [0.4, 0.5) is 14.5 Å². The summed E-state index contributed by atoms with van der Waals surface area (Å²) in [5.41, 5.74) is -0.522. The van der Waals surface area contributed by atoms with Crippen molar-refractivity contribution in [1.29, 1.82) is 0 Å². The van der Waals surface area contributed by atoms with Gasteiger partial charge in [0.2, 0.25) is 0 Å². The fourth-order valence-electron chi connectivity index (χ4n) is 2.75. The SMILES string of the molecule is COc1ccc(F)c(-c2cc(F)c(NC(=O)c3ccccc3C(=O)O)c(Cl)c2)c1. The zero-order valence-corrected chi connectivity index (χ0v) is 15.8. The molecule has 3 aromatic carbocycles. The second-order valence-corrected chi connectivity index (χ2v) is 6.37. The van der Waals surface area contributed by atoms with E-state index < -0.39 is 23.5 Å². The number of carbonyl (C=O) groups excluding carboxylic acids is 1. The molecule has 0 saturated heterocycles. The Morgan fingerprint density at radius 2 is 1.69 bits per heavy atom. The van der Waals surface area contributed by atoms with Gasteiger partial charge in [-0.05, 0) is 48.0 Å². The lowest BCUT2D eigenvalue weighted by Gasteiger charge is -2.13. The normalized spacial score (nSPS) is 10.5. The molecule has 3 aromatic rings. The maximum atomic E-state index is 14.7. The van der Waals surface area contributed by atoms with E-state index in [0.29, 0.717) is 5.75 Å². The predicted molar refractivity (Wildman–Crippen MR) is 105 cm³/mol. The number of nitrogens with one attached hydrogen (secondary N) is 1. The molecule has 0 bridgehead atoms. The molecule has 0 radical (unpaired) electrons. The lowest BCUT2D eigenvalue weighted by molar-refractivity contribution is 0.0692. The van der Waals surface area contributed by atoms with Crippen LogP contribution in [0, 0.1) is 11.6 Å². The molecule has 2 N–H and O–H groups in total. The highest BCUT2D eigenvalue weighted by atomic mass is 35.5. The fourth-order valence-corrected chi connectivity index (χ4v) is 3.00. The molecule has 8 heteroatoms. The van der Waals surface area contributed by atoms with Gasteiger partial charge in [0.15, 0.2) is 0 Å². The van der Waals surface area contributed by atoms with Crippen molar-refractivity contribution in [1.82, 2.24) is 0 Å². The van der Waals surface area contributed by atoms with Crippen LogP contribution < -0.4 is 10.1 Å². The minimum absolute atomic E-state index is 0.0687. The summed E-state index contributed by atoms with van der Waals surface area (Å²) in [4.78, 5) is 23.7. The molecular formula is C21H14ClF2NO4. The van der Waals surface area contributed by atoms with Crippen LogP contribution in [0.5, 0.6) is 5.75 Å². The van der Waals surface area contributed by atoms with Crippen LogP contribution in [0.2, 0.25) is 5.02 Å². The van der Waals surface area contributed by atoms with Gasteiger partial charge in [-0.2, -0.15) is 0 Å². The van der Waals surface area contributed by atoms with E-state index in [0.717, 1.165) is 6.07 Å². The molecule has 29 heavy (non-hydrogen) atoms. The van der Waals surface area contributed by atoms with Crippen molar-refractivity contribution in [2.45, 2.75) is 0 Å². The van der Waals surface area contributed by atoms with E-state index in [1.807, 2.05) is 0 Å². The maximum Gasteiger partial charge on any atom is 0.336 e. The molecule has 0 heterocycles. The summed E-state index contributed by atoms with van der Waals surface area (Å²) in [6.45, 7) is 0. The number of ether oxygens (including phenoxy) is 1. The molecule has 148 valence electrons. The van der Waals surface area contributed by atoms with Gasteiger partial charge < -0.3 is 15.2 Å². The van der Waals surface area contributed by atoms with Gasteiger partial charge in [-0.25, -0.2) is 13.6 Å². The highest BCUT2D eigenvalue weighted by molar-refractivity contribution is 6.34. The molecule has 0 aliphatic heterocycles. The number of carboxylic acids is 1. The molecule has 0 spiro atoms. The van der Waals surface area contributed by atoms with Gasteiger partial charge in [-0.1, -0.05) is 23.7 Å². The average Bonchev–Trinajstić information content (AvgIpc) is 2.70. The monoisotopic (exact) mass is 417 g/mol. The minimum atomic E-state index is -1.30. The smallest absolute Gasteiger partial charge is 0.336 e. The average molecular weight is 418 g/mol. The third-order valence-electron chi connectivity index (χ3n) is 4.17. The molecule has 0 fully saturated rings. The molecule has 0 atom stereocenters. The van der Waals surface area contributed by atoms with Crippen LogP contribution in [0.25, 0.3) is 11.1 Å². The summed E-state index contributed by atoms with van der Waals surface area (Å²) in [5.74, 6) is -3.28. The Labute approximate surface area is 169 Å². The fraction of sp³-hybridized carbons (Fsp3) is 0.0476. The van der Waals surface area contributed by atoms with E-state index in [4.69, 9.17) is 16.3 Å². The number of rotatable bonds is 5. The summed E-state index contributed by atoms with van der Waals surface area (Å²) in [7, 11) is 1.41. The largest absolute Gasteiger partial charge is 0.497 e. The number of hydrogen-bond donors (Lipinski definition) is 2. The van der Waals surface area contributed by atoms with E-state index in [1.165, 1.54) is 55.6 Å². The molecule has 5 nitrogen and oxygen atoms in total. The first-order valence-corrected chi connectivity index (χ1v) is 8.66. The van der Waals surface area contributed by atoms with Crippen molar-refractivity contribution in [3.8, 4) is 16.9 Å². The van der Waals surface area contributed by atoms with Crippen LogP contribution in [-0.4, -0.2) is 24.1 Å². The third-order valence-corrected chi connectivity index (χ3v) is 4.47. The van der Waals surface area contributed by atoms with Gasteiger partial charge in [0, 0.05) is 5.56 Å². The Hall–Kier alpha value is -3.45.